The van der Waals surface area contributed by atoms with E-state index in [1.807, 2.05) is 48.5 Å². The van der Waals surface area contributed by atoms with Gasteiger partial charge in [-0.25, -0.2) is 4.98 Å². The maximum Gasteiger partial charge on any atom is 0.229 e. The molecule has 0 radical (unpaired) electrons. The number of anilines is 4. The molecule has 0 saturated heterocycles. The minimum absolute atomic E-state index is 0.575. The molecule has 1 heterocycles. The molecule has 0 spiro atoms. The number of benzene rings is 2. The number of nitrogens with zero attached hydrogens (tertiary/aromatic N) is 2. The molecule has 0 bridgehead atoms. The van der Waals surface area contributed by atoms with Crippen molar-refractivity contribution in [3.63, 3.8) is 0 Å². The maximum absolute atomic E-state index is 4.52. The third kappa shape index (κ3) is 4.07. The van der Waals surface area contributed by atoms with Crippen molar-refractivity contribution in [1.29, 1.82) is 0 Å². The maximum atomic E-state index is 4.52. The molecule has 0 amide bonds. The molecule has 0 aliphatic rings. The first-order valence-corrected chi connectivity index (χ1v) is 8.24. The van der Waals surface area contributed by atoms with Gasteiger partial charge in [-0.05, 0) is 42.3 Å². The van der Waals surface area contributed by atoms with Crippen LogP contribution in [-0.2, 0) is 6.42 Å². The summed E-state index contributed by atoms with van der Waals surface area (Å²) in [5, 5.41) is 6.57. The lowest BCUT2D eigenvalue weighted by Crippen LogP contribution is -2.02. The van der Waals surface area contributed by atoms with Crippen molar-refractivity contribution < 1.29 is 0 Å². The summed E-state index contributed by atoms with van der Waals surface area (Å²) in [4.78, 5) is 8.82. The number of nitrogens with one attached hydrogen (secondary N) is 2. The molecular weight excluding hydrogens is 352 g/mol. The highest BCUT2D eigenvalue weighted by molar-refractivity contribution is 9.10. The third-order valence-electron chi connectivity index (χ3n) is 3.40. The van der Waals surface area contributed by atoms with E-state index in [9.17, 15) is 0 Å². The molecule has 2 N–H and O–H groups in total. The molecular formula is C18H17BrN4. The molecule has 0 fully saturated rings. The van der Waals surface area contributed by atoms with Crippen molar-refractivity contribution in [2.75, 3.05) is 10.6 Å². The van der Waals surface area contributed by atoms with Crippen LogP contribution in [0.4, 0.5) is 23.1 Å². The Bertz CT molecular complexity index is 804. The minimum Gasteiger partial charge on any atom is -0.340 e. The fourth-order valence-electron chi connectivity index (χ4n) is 2.27. The summed E-state index contributed by atoms with van der Waals surface area (Å²) >= 11 is 3.46. The first-order valence-electron chi connectivity index (χ1n) is 7.45. The van der Waals surface area contributed by atoms with Gasteiger partial charge in [0.1, 0.15) is 5.82 Å². The zero-order chi connectivity index (χ0) is 16.1. The Balaban J connectivity index is 1.80. The second kappa shape index (κ2) is 7.24. The van der Waals surface area contributed by atoms with Crippen molar-refractivity contribution in [2.45, 2.75) is 13.3 Å². The second-order valence-electron chi connectivity index (χ2n) is 5.04. The zero-order valence-electron chi connectivity index (χ0n) is 12.8. The summed E-state index contributed by atoms with van der Waals surface area (Å²) in [5.41, 5.74) is 3.24. The highest BCUT2D eigenvalue weighted by atomic mass is 79.9. The summed E-state index contributed by atoms with van der Waals surface area (Å²) in [6.45, 7) is 2.13. The molecule has 0 aliphatic carbocycles. The van der Waals surface area contributed by atoms with Crippen molar-refractivity contribution >= 4 is 39.1 Å². The van der Waals surface area contributed by atoms with Gasteiger partial charge in [0, 0.05) is 22.0 Å². The Kier molecular flexibility index (Phi) is 4.88. The zero-order valence-corrected chi connectivity index (χ0v) is 14.3. The highest BCUT2D eigenvalue weighted by Crippen LogP contribution is 2.22. The number of para-hydroxylation sites is 1. The average molecular weight is 369 g/mol. The van der Waals surface area contributed by atoms with E-state index in [1.165, 1.54) is 5.56 Å². The van der Waals surface area contributed by atoms with Gasteiger partial charge in [-0.3, -0.25) is 0 Å². The van der Waals surface area contributed by atoms with Gasteiger partial charge in [-0.15, -0.1) is 0 Å². The lowest BCUT2D eigenvalue weighted by Gasteiger charge is -2.11. The molecule has 0 unspecified atom stereocenters. The van der Waals surface area contributed by atoms with Crippen molar-refractivity contribution in [2.24, 2.45) is 0 Å². The van der Waals surface area contributed by atoms with Crippen LogP contribution in [-0.4, -0.2) is 9.97 Å². The number of hydrogen-bond acceptors (Lipinski definition) is 4. The van der Waals surface area contributed by atoms with E-state index in [1.54, 1.807) is 6.20 Å². The van der Waals surface area contributed by atoms with Crippen LogP contribution in [0.3, 0.4) is 0 Å². The molecule has 116 valence electrons. The van der Waals surface area contributed by atoms with Crippen molar-refractivity contribution in [1.82, 2.24) is 9.97 Å². The Morgan fingerprint density at radius 2 is 1.87 bits per heavy atom. The van der Waals surface area contributed by atoms with Crippen molar-refractivity contribution in [3.8, 4) is 0 Å². The van der Waals surface area contributed by atoms with Gasteiger partial charge in [0.05, 0.1) is 0 Å². The number of halogens is 1. The fraction of sp³-hybridized carbons (Fsp3) is 0.111. The van der Waals surface area contributed by atoms with Gasteiger partial charge in [-0.1, -0.05) is 47.1 Å². The summed E-state index contributed by atoms with van der Waals surface area (Å²) in [6, 6.07) is 18.0. The monoisotopic (exact) mass is 368 g/mol. The smallest absolute Gasteiger partial charge is 0.229 e. The molecule has 0 saturated carbocycles. The molecule has 0 aliphatic heterocycles. The van der Waals surface area contributed by atoms with Crippen LogP contribution in [0.5, 0.6) is 0 Å². The van der Waals surface area contributed by atoms with Crippen LogP contribution >= 0.6 is 15.9 Å². The fourth-order valence-corrected chi connectivity index (χ4v) is 2.67. The molecule has 2 aromatic carbocycles. The molecule has 0 atom stereocenters. The van der Waals surface area contributed by atoms with Gasteiger partial charge in [0.2, 0.25) is 5.95 Å². The Hall–Kier alpha value is -2.40. The first-order chi connectivity index (χ1) is 11.2. The summed E-state index contributed by atoms with van der Waals surface area (Å²) in [5.74, 6) is 1.32. The number of hydrogen-bond donors (Lipinski definition) is 2. The van der Waals surface area contributed by atoms with Crippen LogP contribution in [0, 0.1) is 0 Å². The lowest BCUT2D eigenvalue weighted by molar-refractivity contribution is 1.12. The standard InChI is InChI=1S/C18H17BrN4/c1-2-13-6-3-4-9-16(13)22-18-20-11-10-17(23-18)21-15-8-5-7-14(19)12-15/h3-12H,2H2,1H3,(H2,20,21,22,23). The first kappa shape index (κ1) is 15.5. The molecule has 23 heavy (non-hydrogen) atoms. The van der Waals surface area contributed by atoms with Crippen LogP contribution < -0.4 is 10.6 Å². The molecule has 4 nitrogen and oxygen atoms in total. The third-order valence-corrected chi connectivity index (χ3v) is 3.89. The largest absolute Gasteiger partial charge is 0.340 e. The van der Waals surface area contributed by atoms with Gasteiger partial charge < -0.3 is 10.6 Å². The van der Waals surface area contributed by atoms with E-state index in [4.69, 9.17) is 0 Å². The van der Waals surface area contributed by atoms with E-state index in [0.29, 0.717) is 5.95 Å². The summed E-state index contributed by atoms with van der Waals surface area (Å²) in [6.07, 6.45) is 2.70. The number of aryl methyl sites for hydroxylation is 1. The predicted molar refractivity (Wildman–Crippen MR) is 98.6 cm³/mol. The lowest BCUT2D eigenvalue weighted by atomic mass is 10.1. The number of aromatic nitrogens is 2. The molecule has 3 aromatic rings. The second-order valence-corrected chi connectivity index (χ2v) is 5.95. The quantitative estimate of drug-likeness (QED) is 0.642. The SMILES string of the molecule is CCc1ccccc1Nc1nccc(Nc2cccc(Br)c2)n1. The van der Waals surface area contributed by atoms with Gasteiger partial charge in [-0.2, -0.15) is 4.98 Å². The van der Waals surface area contributed by atoms with Crippen LogP contribution in [0.15, 0.2) is 65.3 Å². The summed E-state index contributed by atoms with van der Waals surface area (Å²) in [7, 11) is 0. The predicted octanol–water partition coefficient (Wildman–Crippen LogP) is 5.29. The van der Waals surface area contributed by atoms with Gasteiger partial charge in [0.25, 0.3) is 0 Å². The molecule has 1 aromatic heterocycles. The Labute approximate surface area is 144 Å². The topological polar surface area (TPSA) is 49.8 Å². The summed E-state index contributed by atoms with van der Waals surface area (Å²) < 4.78 is 1.02. The highest BCUT2D eigenvalue weighted by Gasteiger charge is 2.04. The minimum atomic E-state index is 0.575. The Morgan fingerprint density at radius 3 is 2.70 bits per heavy atom. The van der Waals surface area contributed by atoms with Crippen molar-refractivity contribution in [3.05, 3.63) is 70.8 Å². The van der Waals surface area contributed by atoms with Crippen LogP contribution in [0.25, 0.3) is 0 Å². The van der Waals surface area contributed by atoms with E-state index in [-0.39, 0.29) is 0 Å². The molecule has 3 rings (SSSR count). The van der Waals surface area contributed by atoms with Gasteiger partial charge >= 0.3 is 0 Å². The van der Waals surface area contributed by atoms with Crippen LogP contribution in [0.1, 0.15) is 12.5 Å². The van der Waals surface area contributed by atoms with Gasteiger partial charge in [0.15, 0.2) is 0 Å². The normalized spacial score (nSPS) is 10.3. The van der Waals surface area contributed by atoms with Crippen LogP contribution in [0.2, 0.25) is 0 Å². The van der Waals surface area contributed by atoms with E-state index >= 15 is 0 Å². The average Bonchev–Trinajstić information content (AvgIpc) is 2.56. The number of rotatable bonds is 5. The Morgan fingerprint density at radius 1 is 1.00 bits per heavy atom. The molecule has 5 heteroatoms. The van der Waals surface area contributed by atoms with E-state index < -0.39 is 0 Å². The van der Waals surface area contributed by atoms with E-state index in [0.717, 1.165) is 28.1 Å². The van der Waals surface area contributed by atoms with E-state index in [2.05, 4.69) is 49.5 Å².